The third-order valence-corrected chi connectivity index (χ3v) is 4.64. The van der Waals surface area contributed by atoms with Crippen molar-refractivity contribution in [2.24, 2.45) is 5.41 Å². The number of carbonyl (C=O) groups is 2. The van der Waals surface area contributed by atoms with Crippen LogP contribution in [-0.2, 0) is 9.53 Å². The first-order valence-corrected chi connectivity index (χ1v) is 8.65. The topological polar surface area (TPSA) is 58.6 Å². The number of amides is 2. The molecule has 1 heterocycles. The van der Waals surface area contributed by atoms with E-state index in [1.165, 1.54) is 0 Å². The first-order valence-electron chi connectivity index (χ1n) is 8.65. The molecule has 0 radical (unpaired) electrons. The maximum absolute atomic E-state index is 12.6. The summed E-state index contributed by atoms with van der Waals surface area (Å²) in [6.07, 6.45) is 8.56. The van der Waals surface area contributed by atoms with Crippen molar-refractivity contribution in [1.29, 1.82) is 0 Å². The third kappa shape index (κ3) is 4.98. The molecule has 5 heteroatoms. The van der Waals surface area contributed by atoms with Gasteiger partial charge in [0.05, 0.1) is 0 Å². The van der Waals surface area contributed by atoms with Gasteiger partial charge in [0.1, 0.15) is 5.60 Å². The molecule has 2 amide bonds. The highest BCUT2D eigenvalue weighted by molar-refractivity contribution is 5.83. The highest BCUT2D eigenvalue weighted by Gasteiger charge is 2.39. The molecular formula is C18H30N2O3. The van der Waals surface area contributed by atoms with Gasteiger partial charge in [-0.25, -0.2) is 4.79 Å². The Morgan fingerprint density at radius 2 is 1.91 bits per heavy atom. The number of carbonyl (C=O) groups excluding carboxylic acids is 2. The number of hydrogen-bond acceptors (Lipinski definition) is 3. The number of piperidine rings is 1. The fraction of sp³-hybridized carbons (Fsp3) is 0.778. The molecule has 130 valence electrons. The summed E-state index contributed by atoms with van der Waals surface area (Å²) >= 11 is 0. The summed E-state index contributed by atoms with van der Waals surface area (Å²) in [7, 11) is 0. The number of ether oxygens (including phenoxy) is 1. The molecule has 1 aliphatic carbocycles. The van der Waals surface area contributed by atoms with Gasteiger partial charge in [0, 0.05) is 24.5 Å². The lowest BCUT2D eigenvalue weighted by Crippen LogP contribution is -2.51. The smallest absolute Gasteiger partial charge is 0.410 e. The van der Waals surface area contributed by atoms with Crippen LogP contribution in [0.25, 0.3) is 0 Å². The van der Waals surface area contributed by atoms with Crippen molar-refractivity contribution in [3.63, 3.8) is 0 Å². The van der Waals surface area contributed by atoms with E-state index in [4.69, 9.17) is 4.74 Å². The molecule has 1 aliphatic heterocycles. The molecule has 0 saturated carbocycles. The van der Waals surface area contributed by atoms with Crippen molar-refractivity contribution in [1.82, 2.24) is 10.2 Å². The van der Waals surface area contributed by atoms with Crippen LogP contribution in [0.2, 0.25) is 0 Å². The first kappa shape index (κ1) is 17.8. The lowest BCUT2D eigenvalue weighted by atomic mass is 9.79. The van der Waals surface area contributed by atoms with Gasteiger partial charge in [-0.05, 0) is 52.9 Å². The zero-order valence-electron chi connectivity index (χ0n) is 14.9. The number of hydrogen-bond donors (Lipinski definition) is 1. The van der Waals surface area contributed by atoms with Gasteiger partial charge in [0.25, 0.3) is 0 Å². The van der Waals surface area contributed by atoms with E-state index < -0.39 is 11.0 Å². The molecule has 1 atom stereocenters. The van der Waals surface area contributed by atoms with Crippen molar-refractivity contribution >= 4 is 12.0 Å². The quantitative estimate of drug-likeness (QED) is 0.794. The van der Waals surface area contributed by atoms with Crippen LogP contribution < -0.4 is 5.32 Å². The second-order valence-electron chi connectivity index (χ2n) is 7.97. The normalized spacial score (nSPS) is 24.2. The summed E-state index contributed by atoms with van der Waals surface area (Å²) in [6.45, 7) is 8.73. The minimum absolute atomic E-state index is 0.109. The van der Waals surface area contributed by atoms with Gasteiger partial charge >= 0.3 is 6.09 Å². The second kappa shape index (κ2) is 6.93. The van der Waals surface area contributed by atoms with E-state index in [9.17, 15) is 9.59 Å². The molecule has 5 nitrogen and oxygen atoms in total. The fourth-order valence-electron chi connectivity index (χ4n) is 3.01. The average molecular weight is 322 g/mol. The molecule has 2 rings (SSSR count). The van der Waals surface area contributed by atoms with E-state index in [0.29, 0.717) is 25.9 Å². The number of rotatable bonds is 2. The molecule has 23 heavy (non-hydrogen) atoms. The highest BCUT2D eigenvalue weighted by atomic mass is 16.6. The van der Waals surface area contributed by atoms with Crippen LogP contribution in [0.3, 0.4) is 0 Å². The lowest BCUT2D eigenvalue weighted by Gasteiger charge is -2.39. The van der Waals surface area contributed by atoms with Gasteiger partial charge in [-0.15, -0.1) is 0 Å². The average Bonchev–Trinajstić information content (AvgIpc) is 2.47. The molecule has 0 bridgehead atoms. The largest absolute Gasteiger partial charge is 0.444 e. The monoisotopic (exact) mass is 322 g/mol. The van der Waals surface area contributed by atoms with Crippen molar-refractivity contribution in [2.45, 2.75) is 71.4 Å². The molecule has 1 N–H and O–H groups in total. The van der Waals surface area contributed by atoms with Gasteiger partial charge in [-0.2, -0.15) is 0 Å². The van der Waals surface area contributed by atoms with E-state index in [0.717, 1.165) is 19.3 Å². The van der Waals surface area contributed by atoms with E-state index in [1.807, 2.05) is 27.7 Å². The van der Waals surface area contributed by atoms with Crippen LogP contribution >= 0.6 is 0 Å². The Labute approximate surface area is 139 Å². The summed E-state index contributed by atoms with van der Waals surface area (Å²) < 4.78 is 5.40. The Morgan fingerprint density at radius 1 is 1.26 bits per heavy atom. The molecular weight excluding hydrogens is 292 g/mol. The summed E-state index contributed by atoms with van der Waals surface area (Å²) in [5.74, 6) is 0.109. The molecule has 0 unspecified atom stereocenters. The Kier molecular flexibility index (Phi) is 5.37. The fourth-order valence-corrected chi connectivity index (χ4v) is 3.01. The zero-order chi connectivity index (χ0) is 17.1. The first-order chi connectivity index (χ1) is 10.7. The lowest BCUT2D eigenvalue weighted by molar-refractivity contribution is -0.133. The summed E-state index contributed by atoms with van der Waals surface area (Å²) in [4.78, 5) is 26.4. The predicted molar refractivity (Wildman–Crippen MR) is 90.1 cm³/mol. The molecule has 1 fully saturated rings. The van der Waals surface area contributed by atoms with Gasteiger partial charge in [0.15, 0.2) is 0 Å². The van der Waals surface area contributed by atoms with Crippen LogP contribution in [0, 0.1) is 5.41 Å². The summed E-state index contributed by atoms with van der Waals surface area (Å²) in [5, 5.41) is 3.15. The van der Waals surface area contributed by atoms with Crippen LogP contribution in [0.4, 0.5) is 4.79 Å². The van der Waals surface area contributed by atoms with Crippen LogP contribution in [0.5, 0.6) is 0 Å². The second-order valence-corrected chi connectivity index (χ2v) is 7.97. The van der Waals surface area contributed by atoms with E-state index in [1.54, 1.807) is 4.90 Å². The van der Waals surface area contributed by atoms with E-state index >= 15 is 0 Å². The summed E-state index contributed by atoms with van der Waals surface area (Å²) in [5.41, 5.74) is -0.883. The van der Waals surface area contributed by atoms with Crippen LogP contribution in [-0.4, -0.2) is 41.6 Å². The van der Waals surface area contributed by atoms with Crippen molar-refractivity contribution in [2.75, 3.05) is 13.1 Å². The Bertz CT molecular complexity index is 471. The third-order valence-electron chi connectivity index (χ3n) is 4.64. The van der Waals surface area contributed by atoms with E-state index in [-0.39, 0.29) is 18.0 Å². The minimum atomic E-state index is -0.484. The molecule has 2 aliphatic rings. The zero-order valence-corrected chi connectivity index (χ0v) is 14.9. The molecule has 0 aromatic rings. The Morgan fingerprint density at radius 3 is 2.43 bits per heavy atom. The van der Waals surface area contributed by atoms with Gasteiger partial charge in [-0.1, -0.05) is 19.1 Å². The van der Waals surface area contributed by atoms with Gasteiger partial charge < -0.3 is 15.0 Å². The number of nitrogens with zero attached hydrogens (tertiary/aromatic N) is 1. The minimum Gasteiger partial charge on any atom is -0.444 e. The van der Waals surface area contributed by atoms with Crippen LogP contribution in [0.15, 0.2) is 12.2 Å². The Balaban J connectivity index is 1.86. The molecule has 1 saturated heterocycles. The van der Waals surface area contributed by atoms with E-state index in [2.05, 4.69) is 17.5 Å². The maximum Gasteiger partial charge on any atom is 0.410 e. The van der Waals surface area contributed by atoms with Crippen molar-refractivity contribution < 1.29 is 14.3 Å². The highest BCUT2D eigenvalue weighted by Crippen LogP contribution is 2.32. The maximum atomic E-state index is 12.6. The number of likely N-dealkylation sites (tertiary alicyclic amines) is 1. The van der Waals surface area contributed by atoms with Crippen molar-refractivity contribution in [3.8, 4) is 0 Å². The number of nitrogens with one attached hydrogen (secondary N) is 1. The standard InChI is InChI=1S/C18H30N2O3/c1-17(2,3)23-16(22)20-12-10-18(4,11-13-20)15(21)19-14-8-6-5-7-9-14/h6,8,14H,5,7,9-13H2,1-4H3,(H,19,21)/t14-/m1/s1. The predicted octanol–water partition coefficient (Wildman–Crippen LogP) is 3.25. The molecule has 0 aromatic carbocycles. The SMILES string of the molecule is CC(C)(C)OC(=O)N1CCC(C)(C(=O)N[C@@H]2C=CCCC2)CC1. The molecule has 0 aromatic heterocycles. The van der Waals surface area contributed by atoms with Crippen molar-refractivity contribution in [3.05, 3.63) is 12.2 Å². The van der Waals surface area contributed by atoms with Gasteiger partial charge in [-0.3, -0.25) is 4.79 Å². The summed E-state index contributed by atoms with van der Waals surface area (Å²) in [6, 6.07) is 0.164. The van der Waals surface area contributed by atoms with Gasteiger partial charge in [0.2, 0.25) is 5.91 Å². The number of allylic oxidation sites excluding steroid dienone is 1. The molecule has 0 spiro atoms. The Hall–Kier alpha value is -1.52. The van der Waals surface area contributed by atoms with Crippen LogP contribution in [0.1, 0.15) is 59.8 Å².